The Labute approximate surface area is 126 Å². The molecule has 0 aliphatic rings. The first-order chi connectivity index (χ1) is 10.0. The van der Waals surface area contributed by atoms with Gasteiger partial charge >= 0.3 is 0 Å². The van der Waals surface area contributed by atoms with Crippen LogP contribution in [0.25, 0.3) is 0 Å². The van der Waals surface area contributed by atoms with Crippen molar-refractivity contribution in [2.24, 2.45) is 0 Å². The fourth-order valence-corrected chi connectivity index (χ4v) is 2.05. The minimum atomic E-state index is 0.447. The van der Waals surface area contributed by atoms with Gasteiger partial charge in [-0.25, -0.2) is 4.68 Å². The molecule has 1 heterocycles. The molecule has 5 heteroatoms. The third kappa shape index (κ3) is 4.86. The Balaban J connectivity index is 1.80. The predicted molar refractivity (Wildman–Crippen MR) is 83.4 cm³/mol. The van der Waals surface area contributed by atoms with E-state index in [1.54, 1.807) is 0 Å². The molecule has 0 radical (unpaired) electrons. The minimum absolute atomic E-state index is 0.447. The Kier molecular flexibility index (Phi) is 5.33. The normalized spacial score (nSPS) is 11.1. The minimum Gasteiger partial charge on any atom is -0.491 e. The molecule has 0 unspecified atom stereocenters. The zero-order chi connectivity index (χ0) is 15.2. The van der Waals surface area contributed by atoms with E-state index in [9.17, 15) is 0 Å². The van der Waals surface area contributed by atoms with Crippen molar-refractivity contribution in [3.8, 4) is 5.75 Å². The molecule has 5 nitrogen and oxygen atoms in total. The molecule has 0 saturated carbocycles. The molecule has 1 aromatic carbocycles. The fourth-order valence-electron chi connectivity index (χ4n) is 2.05. The highest BCUT2D eigenvalue weighted by Crippen LogP contribution is 2.18. The summed E-state index contributed by atoms with van der Waals surface area (Å²) in [4.78, 5) is 0. The molecule has 0 aliphatic heterocycles. The number of aromatic nitrogens is 3. The van der Waals surface area contributed by atoms with Crippen LogP contribution < -0.4 is 10.1 Å². The van der Waals surface area contributed by atoms with E-state index in [2.05, 4.69) is 55.5 Å². The zero-order valence-electron chi connectivity index (χ0n) is 13.3. The van der Waals surface area contributed by atoms with E-state index in [0.29, 0.717) is 19.2 Å². The first-order valence-corrected chi connectivity index (χ1v) is 7.37. The van der Waals surface area contributed by atoms with Gasteiger partial charge in [0.15, 0.2) is 0 Å². The molecule has 21 heavy (non-hydrogen) atoms. The van der Waals surface area contributed by atoms with E-state index in [1.165, 1.54) is 5.56 Å². The van der Waals surface area contributed by atoms with Gasteiger partial charge in [-0.3, -0.25) is 0 Å². The number of ether oxygens (including phenoxy) is 1. The second-order valence-corrected chi connectivity index (χ2v) is 5.63. The number of benzene rings is 1. The van der Waals surface area contributed by atoms with Crippen LogP contribution in [0.5, 0.6) is 5.75 Å². The number of rotatable bonds is 7. The van der Waals surface area contributed by atoms with Crippen molar-refractivity contribution < 1.29 is 4.74 Å². The van der Waals surface area contributed by atoms with Crippen LogP contribution in [0.2, 0.25) is 0 Å². The highest BCUT2D eigenvalue weighted by Gasteiger charge is 2.03. The smallest absolute Gasteiger partial charge is 0.122 e. The van der Waals surface area contributed by atoms with Crippen LogP contribution in [0.1, 0.15) is 30.7 Å². The van der Waals surface area contributed by atoms with E-state index in [1.807, 2.05) is 16.9 Å². The Bertz CT molecular complexity index is 577. The lowest BCUT2D eigenvalue weighted by atomic mass is 10.1. The van der Waals surface area contributed by atoms with Gasteiger partial charge in [0.1, 0.15) is 12.4 Å². The molecular weight excluding hydrogens is 264 g/mol. The van der Waals surface area contributed by atoms with Crippen LogP contribution >= 0.6 is 0 Å². The van der Waals surface area contributed by atoms with Crippen molar-refractivity contribution in [2.45, 2.75) is 46.8 Å². The van der Waals surface area contributed by atoms with Gasteiger partial charge in [0.25, 0.3) is 0 Å². The summed E-state index contributed by atoms with van der Waals surface area (Å²) in [7, 11) is 0. The quantitative estimate of drug-likeness (QED) is 0.850. The highest BCUT2D eigenvalue weighted by atomic mass is 16.5. The molecule has 0 aliphatic carbocycles. The summed E-state index contributed by atoms with van der Waals surface area (Å²) in [5, 5.41) is 11.6. The number of hydrogen-bond acceptors (Lipinski definition) is 4. The largest absolute Gasteiger partial charge is 0.491 e. The van der Waals surface area contributed by atoms with Crippen molar-refractivity contribution in [3.05, 3.63) is 41.2 Å². The average Bonchev–Trinajstić information content (AvgIpc) is 2.87. The van der Waals surface area contributed by atoms with Gasteiger partial charge in [0.05, 0.1) is 12.2 Å². The van der Waals surface area contributed by atoms with Crippen LogP contribution in [0.3, 0.4) is 0 Å². The second-order valence-electron chi connectivity index (χ2n) is 5.63. The maximum Gasteiger partial charge on any atom is 0.122 e. The average molecular weight is 288 g/mol. The fraction of sp³-hybridized carbons (Fsp3) is 0.500. The van der Waals surface area contributed by atoms with E-state index in [4.69, 9.17) is 4.74 Å². The summed E-state index contributed by atoms with van der Waals surface area (Å²) in [6, 6.07) is 6.65. The van der Waals surface area contributed by atoms with Crippen LogP contribution in [-0.2, 0) is 13.1 Å². The summed E-state index contributed by atoms with van der Waals surface area (Å²) >= 11 is 0. The molecule has 0 atom stereocenters. The summed E-state index contributed by atoms with van der Waals surface area (Å²) in [6.45, 7) is 10.4. The first kappa shape index (κ1) is 15.5. The summed E-state index contributed by atoms with van der Waals surface area (Å²) in [5.74, 6) is 0.933. The summed E-state index contributed by atoms with van der Waals surface area (Å²) in [5.41, 5.74) is 3.36. The molecule has 1 N–H and O–H groups in total. The molecule has 0 fully saturated rings. The second kappa shape index (κ2) is 7.22. The number of hydrogen-bond donors (Lipinski definition) is 1. The Morgan fingerprint density at radius 1 is 1.29 bits per heavy atom. The van der Waals surface area contributed by atoms with Gasteiger partial charge in [-0.15, -0.1) is 5.10 Å². The lowest BCUT2D eigenvalue weighted by Crippen LogP contribution is -2.21. The number of aryl methyl sites for hydroxylation is 2. The van der Waals surface area contributed by atoms with Crippen molar-refractivity contribution in [3.63, 3.8) is 0 Å². The van der Waals surface area contributed by atoms with Crippen LogP contribution in [0, 0.1) is 13.8 Å². The van der Waals surface area contributed by atoms with Crippen LogP contribution in [0.15, 0.2) is 24.4 Å². The molecule has 0 bridgehead atoms. The van der Waals surface area contributed by atoms with E-state index >= 15 is 0 Å². The number of nitrogens with one attached hydrogen (secondary N) is 1. The molecule has 2 rings (SSSR count). The maximum absolute atomic E-state index is 5.80. The molecule has 114 valence electrons. The maximum atomic E-state index is 5.80. The summed E-state index contributed by atoms with van der Waals surface area (Å²) in [6.07, 6.45) is 1.96. The van der Waals surface area contributed by atoms with Crippen molar-refractivity contribution in [1.82, 2.24) is 20.3 Å². The lowest BCUT2D eigenvalue weighted by molar-refractivity contribution is 0.288. The van der Waals surface area contributed by atoms with Gasteiger partial charge in [-0.05, 0) is 25.5 Å². The monoisotopic (exact) mass is 288 g/mol. The summed E-state index contributed by atoms with van der Waals surface area (Å²) < 4.78 is 7.62. The molecule has 1 aromatic heterocycles. The lowest BCUT2D eigenvalue weighted by Gasteiger charge is -2.09. The SMILES string of the molecule is Cc1ccc(OCCn2cc(CNC(C)C)nn2)c(C)c1. The van der Waals surface area contributed by atoms with Crippen LogP contribution in [0.4, 0.5) is 0 Å². The van der Waals surface area contributed by atoms with E-state index in [-0.39, 0.29) is 0 Å². The topological polar surface area (TPSA) is 52.0 Å². The van der Waals surface area contributed by atoms with Gasteiger partial charge in [0.2, 0.25) is 0 Å². The van der Waals surface area contributed by atoms with Gasteiger partial charge < -0.3 is 10.1 Å². The number of nitrogens with zero attached hydrogens (tertiary/aromatic N) is 3. The molecular formula is C16H24N4O. The Morgan fingerprint density at radius 3 is 2.81 bits per heavy atom. The van der Waals surface area contributed by atoms with Gasteiger partial charge in [-0.2, -0.15) is 0 Å². The molecule has 0 spiro atoms. The first-order valence-electron chi connectivity index (χ1n) is 7.37. The standard InChI is InChI=1S/C16H24N4O/c1-12(2)17-10-15-11-20(19-18-15)7-8-21-16-6-5-13(3)9-14(16)4/h5-6,9,11-12,17H,7-8,10H2,1-4H3. The Morgan fingerprint density at radius 2 is 2.10 bits per heavy atom. The van der Waals surface area contributed by atoms with E-state index in [0.717, 1.165) is 23.6 Å². The third-order valence-electron chi connectivity index (χ3n) is 3.19. The molecule has 0 saturated heterocycles. The zero-order valence-corrected chi connectivity index (χ0v) is 13.3. The third-order valence-corrected chi connectivity index (χ3v) is 3.19. The van der Waals surface area contributed by atoms with Crippen LogP contribution in [-0.4, -0.2) is 27.6 Å². The van der Waals surface area contributed by atoms with Crippen molar-refractivity contribution in [2.75, 3.05) is 6.61 Å². The van der Waals surface area contributed by atoms with E-state index < -0.39 is 0 Å². The van der Waals surface area contributed by atoms with Gasteiger partial charge in [-0.1, -0.05) is 36.8 Å². The predicted octanol–water partition coefficient (Wildman–Crippen LogP) is 2.47. The highest BCUT2D eigenvalue weighted by molar-refractivity contribution is 5.35. The molecule has 0 amide bonds. The van der Waals surface area contributed by atoms with Gasteiger partial charge in [0, 0.05) is 18.8 Å². The van der Waals surface area contributed by atoms with Crippen molar-refractivity contribution >= 4 is 0 Å². The molecule has 2 aromatic rings. The van der Waals surface area contributed by atoms with Crippen molar-refractivity contribution in [1.29, 1.82) is 0 Å². The Hall–Kier alpha value is -1.88.